The van der Waals surface area contributed by atoms with Crippen molar-refractivity contribution < 1.29 is 9.90 Å². The van der Waals surface area contributed by atoms with Crippen LogP contribution in [0.4, 0.5) is 0 Å². The molecule has 0 aromatic heterocycles. The standard InChI is InChI=1S/C17H23NO2/c1-12-11-14(19)5-6-15(12)16(20)18-9-7-13(8-10-18)17(2,3)4/h5-7,11,19H,8-10H2,1-4H3. The van der Waals surface area contributed by atoms with Crippen LogP contribution in [0, 0.1) is 12.3 Å². The highest BCUT2D eigenvalue weighted by Crippen LogP contribution is 2.30. The first-order valence-corrected chi connectivity index (χ1v) is 7.07. The van der Waals surface area contributed by atoms with Crippen molar-refractivity contribution in [3.8, 4) is 5.75 Å². The van der Waals surface area contributed by atoms with E-state index in [0.717, 1.165) is 18.5 Å². The molecule has 0 spiro atoms. The van der Waals surface area contributed by atoms with Gasteiger partial charge in [0.15, 0.2) is 0 Å². The summed E-state index contributed by atoms with van der Waals surface area (Å²) in [6.45, 7) is 9.92. The van der Waals surface area contributed by atoms with Crippen molar-refractivity contribution in [1.82, 2.24) is 4.90 Å². The maximum atomic E-state index is 12.5. The lowest BCUT2D eigenvalue weighted by Gasteiger charge is -2.32. The lowest BCUT2D eigenvalue weighted by atomic mass is 9.83. The molecule has 2 rings (SSSR count). The minimum Gasteiger partial charge on any atom is -0.508 e. The number of phenols is 1. The molecule has 1 aliphatic heterocycles. The lowest BCUT2D eigenvalue weighted by Crippen LogP contribution is -2.36. The van der Waals surface area contributed by atoms with Crippen LogP contribution in [0.1, 0.15) is 43.1 Å². The number of aryl methyl sites for hydroxylation is 1. The zero-order valence-electron chi connectivity index (χ0n) is 12.7. The van der Waals surface area contributed by atoms with Crippen LogP contribution in [0.3, 0.4) is 0 Å². The number of amides is 1. The maximum absolute atomic E-state index is 12.5. The molecule has 1 aromatic carbocycles. The number of aromatic hydroxyl groups is 1. The number of nitrogens with zero attached hydrogens (tertiary/aromatic N) is 1. The van der Waals surface area contributed by atoms with Crippen LogP contribution < -0.4 is 0 Å². The van der Waals surface area contributed by atoms with Gasteiger partial charge in [0.1, 0.15) is 5.75 Å². The third-order valence-corrected chi connectivity index (χ3v) is 3.90. The largest absolute Gasteiger partial charge is 0.508 e. The SMILES string of the molecule is Cc1cc(O)ccc1C(=O)N1CC=C(C(C)(C)C)CC1. The van der Waals surface area contributed by atoms with Crippen molar-refractivity contribution in [2.45, 2.75) is 34.1 Å². The summed E-state index contributed by atoms with van der Waals surface area (Å²) in [6.07, 6.45) is 3.11. The number of carbonyl (C=O) groups excluding carboxylic acids is 1. The number of rotatable bonds is 1. The fourth-order valence-electron chi connectivity index (χ4n) is 2.59. The Morgan fingerprint density at radius 2 is 2.00 bits per heavy atom. The van der Waals surface area contributed by atoms with Gasteiger partial charge in [0.2, 0.25) is 0 Å². The molecule has 0 unspecified atom stereocenters. The summed E-state index contributed by atoms with van der Waals surface area (Å²) in [5.41, 5.74) is 3.10. The molecule has 0 fully saturated rings. The summed E-state index contributed by atoms with van der Waals surface area (Å²) in [5, 5.41) is 9.42. The van der Waals surface area contributed by atoms with Crippen molar-refractivity contribution in [2.24, 2.45) is 5.41 Å². The summed E-state index contributed by atoms with van der Waals surface area (Å²) in [5.74, 6) is 0.249. The molecule has 1 aliphatic rings. The predicted molar refractivity (Wildman–Crippen MR) is 80.9 cm³/mol. The Labute approximate surface area is 120 Å². The topological polar surface area (TPSA) is 40.5 Å². The molecule has 3 nitrogen and oxygen atoms in total. The normalized spacial score (nSPS) is 16.0. The maximum Gasteiger partial charge on any atom is 0.254 e. The van der Waals surface area contributed by atoms with Crippen molar-refractivity contribution in [3.05, 3.63) is 41.0 Å². The Bertz CT molecular complexity index is 553. The molecule has 20 heavy (non-hydrogen) atoms. The van der Waals surface area contributed by atoms with E-state index < -0.39 is 0 Å². The van der Waals surface area contributed by atoms with Crippen LogP contribution in [-0.4, -0.2) is 29.0 Å². The molecule has 1 heterocycles. The highest BCUT2D eigenvalue weighted by Gasteiger charge is 2.24. The van der Waals surface area contributed by atoms with Gasteiger partial charge in [0.25, 0.3) is 5.91 Å². The van der Waals surface area contributed by atoms with Gasteiger partial charge in [-0.2, -0.15) is 0 Å². The van der Waals surface area contributed by atoms with Gasteiger partial charge >= 0.3 is 0 Å². The van der Waals surface area contributed by atoms with Crippen LogP contribution in [0.25, 0.3) is 0 Å². The molecular weight excluding hydrogens is 250 g/mol. The monoisotopic (exact) mass is 273 g/mol. The number of hydrogen-bond acceptors (Lipinski definition) is 2. The third kappa shape index (κ3) is 3.03. The van der Waals surface area contributed by atoms with Crippen LogP contribution in [0.2, 0.25) is 0 Å². The number of benzene rings is 1. The molecular formula is C17H23NO2. The first-order chi connectivity index (χ1) is 9.29. The van der Waals surface area contributed by atoms with Gasteiger partial charge in [-0.1, -0.05) is 32.4 Å². The van der Waals surface area contributed by atoms with Crippen LogP contribution in [-0.2, 0) is 0 Å². The minimum atomic E-state index is 0.0479. The molecule has 0 saturated heterocycles. The summed E-state index contributed by atoms with van der Waals surface area (Å²) in [4.78, 5) is 14.4. The van der Waals surface area contributed by atoms with Gasteiger partial charge in [-0.15, -0.1) is 0 Å². The van der Waals surface area contributed by atoms with Crippen LogP contribution >= 0.6 is 0 Å². The van der Waals surface area contributed by atoms with E-state index in [0.29, 0.717) is 12.1 Å². The summed E-state index contributed by atoms with van der Waals surface area (Å²) in [6, 6.07) is 4.91. The second-order valence-electron chi connectivity index (χ2n) is 6.48. The summed E-state index contributed by atoms with van der Waals surface area (Å²) >= 11 is 0. The average molecular weight is 273 g/mol. The highest BCUT2D eigenvalue weighted by molar-refractivity contribution is 5.96. The highest BCUT2D eigenvalue weighted by atomic mass is 16.3. The van der Waals surface area contributed by atoms with Crippen LogP contribution in [0.15, 0.2) is 29.8 Å². The Kier molecular flexibility index (Phi) is 3.89. The first-order valence-electron chi connectivity index (χ1n) is 7.07. The van der Waals surface area contributed by atoms with Crippen molar-refractivity contribution in [2.75, 3.05) is 13.1 Å². The van der Waals surface area contributed by atoms with E-state index in [2.05, 4.69) is 26.8 Å². The fraction of sp³-hybridized carbons (Fsp3) is 0.471. The number of carbonyl (C=O) groups is 1. The average Bonchev–Trinajstić information content (AvgIpc) is 2.37. The molecule has 0 aliphatic carbocycles. The molecule has 0 saturated carbocycles. The molecule has 108 valence electrons. The van der Waals surface area contributed by atoms with Crippen molar-refractivity contribution >= 4 is 5.91 Å². The summed E-state index contributed by atoms with van der Waals surface area (Å²) in [7, 11) is 0. The Hall–Kier alpha value is -1.77. The molecule has 3 heteroatoms. The Morgan fingerprint density at radius 1 is 1.30 bits per heavy atom. The van der Waals surface area contributed by atoms with Gasteiger partial charge in [0.05, 0.1) is 0 Å². The minimum absolute atomic E-state index is 0.0479. The molecule has 0 atom stereocenters. The zero-order chi connectivity index (χ0) is 14.9. The summed E-state index contributed by atoms with van der Waals surface area (Å²) < 4.78 is 0. The lowest BCUT2D eigenvalue weighted by molar-refractivity contribution is 0.0764. The Morgan fingerprint density at radius 3 is 2.50 bits per heavy atom. The van der Waals surface area contributed by atoms with Gasteiger partial charge in [-0.3, -0.25) is 4.79 Å². The molecule has 0 bridgehead atoms. The quantitative estimate of drug-likeness (QED) is 0.795. The molecule has 0 radical (unpaired) electrons. The molecule has 1 aromatic rings. The van der Waals surface area contributed by atoms with E-state index in [1.165, 1.54) is 5.57 Å². The Balaban J connectivity index is 2.14. The molecule has 1 amide bonds. The third-order valence-electron chi connectivity index (χ3n) is 3.90. The molecule has 1 N–H and O–H groups in total. The van der Waals surface area contributed by atoms with Gasteiger partial charge in [0, 0.05) is 18.7 Å². The predicted octanol–water partition coefficient (Wildman–Crippen LogP) is 3.52. The van der Waals surface area contributed by atoms with Gasteiger partial charge in [-0.25, -0.2) is 0 Å². The zero-order valence-corrected chi connectivity index (χ0v) is 12.7. The number of hydrogen-bond donors (Lipinski definition) is 1. The van der Waals surface area contributed by atoms with E-state index in [1.54, 1.807) is 18.2 Å². The van der Waals surface area contributed by atoms with Gasteiger partial charge in [-0.05, 0) is 42.5 Å². The van der Waals surface area contributed by atoms with Crippen LogP contribution in [0.5, 0.6) is 5.75 Å². The van der Waals surface area contributed by atoms with Crippen molar-refractivity contribution in [1.29, 1.82) is 0 Å². The van der Waals surface area contributed by atoms with E-state index in [1.807, 2.05) is 11.8 Å². The van der Waals surface area contributed by atoms with E-state index in [4.69, 9.17) is 0 Å². The second-order valence-corrected chi connectivity index (χ2v) is 6.48. The fourth-order valence-corrected chi connectivity index (χ4v) is 2.59. The number of phenolic OH excluding ortho intramolecular Hbond substituents is 1. The van der Waals surface area contributed by atoms with E-state index in [-0.39, 0.29) is 17.1 Å². The first kappa shape index (κ1) is 14.6. The smallest absolute Gasteiger partial charge is 0.254 e. The van der Waals surface area contributed by atoms with E-state index >= 15 is 0 Å². The van der Waals surface area contributed by atoms with E-state index in [9.17, 15) is 9.90 Å². The second kappa shape index (κ2) is 5.31. The van der Waals surface area contributed by atoms with Gasteiger partial charge < -0.3 is 10.0 Å². The van der Waals surface area contributed by atoms with Crippen molar-refractivity contribution in [3.63, 3.8) is 0 Å².